The van der Waals surface area contributed by atoms with Gasteiger partial charge < -0.3 is 15.1 Å². The Bertz CT molecular complexity index is 404. The van der Waals surface area contributed by atoms with Crippen molar-refractivity contribution in [2.24, 2.45) is 0 Å². The van der Waals surface area contributed by atoms with Gasteiger partial charge in [-0.3, -0.25) is 0 Å². The van der Waals surface area contributed by atoms with Gasteiger partial charge in [0.05, 0.1) is 0 Å². The molecule has 1 fully saturated rings. The van der Waals surface area contributed by atoms with Gasteiger partial charge in [-0.1, -0.05) is 0 Å². The molecule has 1 aliphatic heterocycles. The van der Waals surface area contributed by atoms with E-state index in [1.54, 1.807) is 6.33 Å². The summed E-state index contributed by atoms with van der Waals surface area (Å²) in [4.78, 5) is 13.2. The van der Waals surface area contributed by atoms with E-state index in [-0.39, 0.29) is 5.54 Å². The normalized spacial score (nSPS) is 18.8. The van der Waals surface area contributed by atoms with Crippen molar-refractivity contribution in [2.75, 3.05) is 43.0 Å². The molecule has 0 amide bonds. The van der Waals surface area contributed by atoms with E-state index in [1.807, 2.05) is 0 Å². The molecule has 0 aliphatic carbocycles. The maximum absolute atomic E-state index is 4.44. The lowest BCUT2D eigenvalue weighted by Gasteiger charge is -2.43. The molecule has 2 heterocycles. The molecule has 0 bridgehead atoms. The Balaban J connectivity index is 2.27. The monoisotopic (exact) mass is 249 g/mol. The van der Waals surface area contributed by atoms with Crippen LogP contribution in [0.3, 0.4) is 0 Å². The number of nitrogens with zero attached hydrogens (tertiary/aromatic N) is 4. The Morgan fingerprint density at radius 2 is 2.22 bits per heavy atom. The lowest BCUT2D eigenvalue weighted by atomic mass is 10.0. The number of rotatable bonds is 3. The van der Waals surface area contributed by atoms with Crippen molar-refractivity contribution >= 4 is 11.6 Å². The highest BCUT2D eigenvalue weighted by Gasteiger charge is 2.30. The Morgan fingerprint density at radius 1 is 1.44 bits per heavy atom. The zero-order valence-corrected chi connectivity index (χ0v) is 11.8. The summed E-state index contributed by atoms with van der Waals surface area (Å²) in [7, 11) is 2.05. The molecule has 0 spiro atoms. The highest BCUT2D eigenvalue weighted by molar-refractivity contribution is 5.51. The third-order valence-electron chi connectivity index (χ3n) is 3.58. The molecule has 18 heavy (non-hydrogen) atoms. The van der Waals surface area contributed by atoms with Gasteiger partial charge >= 0.3 is 0 Å². The standard InChI is InChI=1S/C13H23N5/c1-5-17(4)11-8-12(16-10-15-11)18-7-6-14-9-13(18,2)3/h8,10,14H,5-7,9H2,1-4H3. The Morgan fingerprint density at radius 3 is 2.89 bits per heavy atom. The number of anilines is 2. The summed E-state index contributed by atoms with van der Waals surface area (Å²) in [6, 6.07) is 2.08. The minimum Gasteiger partial charge on any atom is -0.360 e. The minimum atomic E-state index is 0.0919. The van der Waals surface area contributed by atoms with E-state index in [0.29, 0.717) is 0 Å². The molecule has 2 rings (SSSR count). The largest absolute Gasteiger partial charge is 0.360 e. The molecule has 5 heteroatoms. The van der Waals surface area contributed by atoms with E-state index in [0.717, 1.165) is 37.8 Å². The van der Waals surface area contributed by atoms with E-state index < -0.39 is 0 Å². The first-order chi connectivity index (χ1) is 8.54. The molecule has 0 radical (unpaired) electrons. The van der Waals surface area contributed by atoms with Gasteiger partial charge in [-0.05, 0) is 20.8 Å². The first-order valence-electron chi connectivity index (χ1n) is 6.56. The maximum atomic E-state index is 4.44. The van der Waals surface area contributed by atoms with E-state index in [1.165, 1.54) is 0 Å². The average molecular weight is 249 g/mol. The number of piperazine rings is 1. The van der Waals surface area contributed by atoms with Crippen LogP contribution in [0.5, 0.6) is 0 Å². The summed E-state index contributed by atoms with van der Waals surface area (Å²) in [6.45, 7) is 10.5. The van der Waals surface area contributed by atoms with Crippen LogP contribution in [0.15, 0.2) is 12.4 Å². The zero-order valence-electron chi connectivity index (χ0n) is 11.8. The molecule has 1 aromatic heterocycles. The number of nitrogens with one attached hydrogen (secondary N) is 1. The molecule has 0 atom stereocenters. The van der Waals surface area contributed by atoms with Crippen LogP contribution >= 0.6 is 0 Å². The van der Waals surface area contributed by atoms with Crippen molar-refractivity contribution < 1.29 is 0 Å². The van der Waals surface area contributed by atoms with Gasteiger partial charge in [0.2, 0.25) is 0 Å². The quantitative estimate of drug-likeness (QED) is 0.869. The lowest BCUT2D eigenvalue weighted by Crippen LogP contribution is -2.58. The van der Waals surface area contributed by atoms with E-state index in [4.69, 9.17) is 0 Å². The van der Waals surface area contributed by atoms with E-state index >= 15 is 0 Å². The fraction of sp³-hybridized carbons (Fsp3) is 0.692. The van der Waals surface area contributed by atoms with Crippen LogP contribution < -0.4 is 15.1 Å². The molecular weight excluding hydrogens is 226 g/mol. The second kappa shape index (κ2) is 5.10. The third-order valence-corrected chi connectivity index (χ3v) is 3.58. The smallest absolute Gasteiger partial charge is 0.134 e. The molecular formula is C13H23N5. The van der Waals surface area contributed by atoms with Gasteiger partial charge in [-0.2, -0.15) is 0 Å². The van der Waals surface area contributed by atoms with Crippen LogP contribution in [-0.4, -0.2) is 48.7 Å². The van der Waals surface area contributed by atoms with Gasteiger partial charge in [-0.15, -0.1) is 0 Å². The van der Waals surface area contributed by atoms with Gasteiger partial charge in [0, 0.05) is 44.8 Å². The van der Waals surface area contributed by atoms with Crippen molar-refractivity contribution in [2.45, 2.75) is 26.3 Å². The fourth-order valence-electron chi connectivity index (χ4n) is 2.26. The van der Waals surface area contributed by atoms with Crippen LogP contribution in [-0.2, 0) is 0 Å². The van der Waals surface area contributed by atoms with E-state index in [2.05, 4.69) is 59.0 Å². The predicted molar refractivity (Wildman–Crippen MR) is 75.3 cm³/mol. The summed E-state index contributed by atoms with van der Waals surface area (Å²) >= 11 is 0. The van der Waals surface area contributed by atoms with Gasteiger partial charge in [0.25, 0.3) is 0 Å². The van der Waals surface area contributed by atoms with E-state index in [9.17, 15) is 0 Å². The van der Waals surface area contributed by atoms with Crippen molar-refractivity contribution in [1.82, 2.24) is 15.3 Å². The zero-order chi connectivity index (χ0) is 13.2. The third kappa shape index (κ3) is 2.56. The first-order valence-corrected chi connectivity index (χ1v) is 6.56. The van der Waals surface area contributed by atoms with Crippen molar-refractivity contribution in [3.8, 4) is 0 Å². The first kappa shape index (κ1) is 13.1. The van der Waals surface area contributed by atoms with Crippen molar-refractivity contribution in [3.63, 3.8) is 0 Å². The maximum Gasteiger partial charge on any atom is 0.134 e. The molecule has 1 saturated heterocycles. The summed E-state index contributed by atoms with van der Waals surface area (Å²) in [5, 5.41) is 3.43. The molecule has 1 aromatic rings. The highest BCUT2D eigenvalue weighted by Crippen LogP contribution is 2.25. The summed E-state index contributed by atoms with van der Waals surface area (Å²) in [6.07, 6.45) is 1.66. The van der Waals surface area contributed by atoms with Gasteiger partial charge in [0.1, 0.15) is 18.0 Å². The molecule has 1 aliphatic rings. The number of hydrogen-bond acceptors (Lipinski definition) is 5. The lowest BCUT2D eigenvalue weighted by molar-refractivity contribution is 0.377. The Hall–Kier alpha value is -1.36. The van der Waals surface area contributed by atoms with Gasteiger partial charge in [0.15, 0.2) is 0 Å². The second-order valence-electron chi connectivity index (χ2n) is 5.39. The Labute approximate surface area is 109 Å². The van der Waals surface area contributed by atoms with Crippen LogP contribution in [0.4, 0.5) is 11.6 Å². The molecule has 0 unspecified atom stereocenters. The number of aromatic nitrogens is 2. The SMILES string of the molecule is CCN(C)c1cc(N2CCNCC2(C)C)ncn1. The summed E-state index contributed by atoms with van der Waals surface area (Å²) < 4.78 is 0. The molecule has 0 aromatic carbocycles. The number of hydrogen-bond donors (Lipinski definition) is 1. The van der Waals surface area contributed by atoms with Crippen LogP contribution in [0.1, 0.15) is 20.8 Å². The minimum absolute atomic E-state index is 0.0919. The molecule has 5 nitrogen and oxygen atoms in total. The molecule has 1 N–H and O–H groups in total. The predicted octanol–water partition coefficient (Wildman–Crippen LogP) is 1.12. The summed E-state index contributed by atoms with van der Waals surface area (Å²) in [5.41, 5.74) is 0.0919. The average Bonchev–Trinajstić information content (AvgIpc) is 2.37. The van der Waals surface area contributed by atoms with Crippen LogP contribution in [0, 0.1) is 0 Å². The second-order valence-corrected chi connectivity index (χ2v) is 5.39. The fourth-order valence-corrected chi connectivity index (χ4v) is 2.26. The van der Waals surface area contributed by atoms with Crippen LogP contribution in [0.2, 0.25) is 0 Å². The molecule has 100 valence electrons. The van der Waals surface area contributed by atoms with Crippen LogP contribution in [0.25, 0.3) is 0 Å². The van der Waals surface area contributed by atoms with Crippen molar-refractivity contribution in [1.29, 1.82) is 0 Å². The van der Waals surface area contributed by atoms with Gasteiger partial charge in [-0.25, -0.2) is 9.97 Å². The summed E-state index contributed by atoms with van der Waals surface area (Å²) in [5.74, 6) is 2.00. The van der Waals surface area contributed by atoms with Crippen molar-refractivity contribution in [3.05, 3.63) is 12.4 Å². The Kier molecular flexibility index (Phi) is 3.71. The topological polar surface area (TPSA) is 44.3 Å². The highest BCUT2D eigenvalue weighted by atomic mass is 15.3. The molecule has 0 saturated carbocycles.